The van der Waals surface area contributed by atoms with Crippen LogP contribution in [0.2, 0.25) is 0 Å². The molecule has 0 bridgehead atoms. The van der Waals surface area contributed by atoms with Gasteiger partial charge in [0.2, 0.25) is 5.71 Å². The van der Waals surface area contributed by atoms with Crippen LogP contribution in [0.5, 0.6) is 0 Å². The Morgan fingerprint density at radius 2 is 1.50 bits per heavy atom. The minimum Gasteiger partial charge on any atom is -0.437 e. The second-order valence-corrected chi connectivity index (χ2v) is 11.8. The van der Waals surface area contributed by atoms with Gasteiger partial charge in [-0.15, -0.1) is 0 Å². The number of para-hydroxylation sites is 2. The zero-order chi connectivity index (χ0) is 28.2. The largest absolute Gasteiger partial charge is 0.437 e. The van der Waals surface area contributed by atoms with Gasteiger partial charge in [0.25, 0.3) is 5.82 Å². The average molecular weight is 549 g/mol. The van der Waals surface area contributed by atoms with Crippen molar-refractivity contribution in [3.8, 4) is 28.2 Å². The highest BCUT2D eigenvalue weighted by atomic mass is 16.3. The van der Waals surface area contributed by atoms with Crippen LogP contribution < -0.4 is 4.57 Å². The van der Waals surface area contributed by atoms with Gasteiger partial charge in [-0.3, -0.25) is 0 Å². The average Bonchev–Trinajstić information content (AvgIpc) is 3.57. The molecule has 0 saturated heterocycles. The molecule has 1 aliphatic carbocycles. The van der Waals surface area contributed by atoms with Gasteiger partial charge in [-0.2, -0.15) is 4.57 Å². The molecule has 8 rings (SSSR count). The first-order valence-electron chi connectivity index (χ1n) is 15.1. The Labute approximate surface area is 245 Å². The van der Waals surface area contributed by atoms with Gasteiger partial charge in [0.05, 0.1) is 7.05 Å². The molecule has 3 aromatic heterocycles. The second-order valence-electron chi connectivity index (χ2n) is 11.8. The number of benzene rings is 4. The van der Waals surface area contributed by atoms with E-state index in [1.54, 1.807) is 6.20 Å². The Kier molecular flexibility index (Phi) is 5.96. The molecule has 0 radical (unpaired) electrons. The smallest absolute Gasteiger partial charge is 0.298 e. The summed E-state index contributed by atoms with van der Waals surface area (Å²) in [6.07, 6.45) is 8.57. The minimum absolute atomic E-state index is 0.670. The molecule has 7 aromatic rings. The van der Waals surface area contributed by atoms with E-state index in [9.17, 15) is 0 Å². The van der Waals surface area contributed by atoms with Crippen molar-refractivity contribution >= 4 is 33.1 Å². The maximum Gasteiger partial charge on any atom is 0.298 e. The molecule has 0 N–H and O–H groups in total. The predicted octanol–water partition coefficient (Wildman–Crippen LogP) is 9.44. The van der Waals surface area contributed by atoms with Gasteiger partial charge in [0, 0.05) is 17.0 Å². The normalized spacial score (nSPS) is 14.3. The monoisotopic (exact) mass is 548 g/mol. The summed E-state index contributed by atoms with van der Waals surface area (Å²) in [5.74, 6) is 1.81. The third-order valence-corrected chi connectivity index (χ3v) is 9.31. The lowest BCUT2D eigenvalue weighted by atomic mass is 9.84. The van der Waals surface area contributed by atoms with E-state index in [1.165, 1.54) is 54.3 Å². The van der Waals surface area contributed by atoms with Crippen LogP contribution in [0.4, 0.5) is 0 Å². The summed E-state index contributed by atoms with van der Waals surface area (Å²) >= 11 is 0. The van der Waals surface area contributed by atoms with Gasteiger partial charge >= 0.3 is 0 Å². The van der Waals surface area contributed by atoms with Crippen molar-refractivity contribution in [2.45, 2.75) is 44.9 Å². The molecule has 0 amide bonds. The number of fused-ring (bicyclic) bond motifs is 4. The summed E-state index contributed by atoms with van der Waals surface area (Å²) < 4.78 is 11.1. The standard InChI is InChI=1S/C38H34N3O/c1-25-14-23-31-32-11-8-24-39-37(32)42-36(31)35(25)38-40(2)33-12-6-7-13-34(33)41(38)30-21-19-29(20-22-30)28-17-15-27(16-18-28)26-9-4-3-5-10-26/h6-8,11-24,26H,3-5,9-10H2,1-2H3/q+1. The highest BCUT2D eigenvalue weighted by Gasteiger charge is 2.30. The first-order chi connectivity index (χ1) is 20.7. The third kappa shape index (κ3) is 3.97. The van der Waals surface area contributed by atoms with E-state index in [0.717, 1.165) is 50.4 Å². The van der Waals surface area contributed by atoms with Crippen molar-refractivity contribution in [1.82, 2.24) is 9.55 Å². The molecule has 4 heteroatoms. The topological polar surface area (TPSA) is 34.8 Å². The first-order valence-corrected chi connectivity index (χ1v) is 15.1. The zero-order valence-electron chi connectivity index (χ0n) is 24.2. The van der Waals surface area contributed by atoms with E-state index in [4.69, 9.17) is 4.42 Å². The SMILES string of the molecule is Cc1ccc2c(oc3ncccc32)c1-c1n(-c2ccc(-c3ccc(C4CCCCC4)cc3)cc2)c2ccccc2[n+]1C. The van der Waals surface area contributed by atoms with E-state index in [-0.39, 0.29) is 0 Å². The molecule has 1 fully saturated rings. The van der Waals surface area contributed by atoms with Gasteiger partial charge < -0.3 is 4.42 Å². The van der Waals surface area contributed by atoms with Crippen molar-refractivity contribution in [2.24, 2.45) is 7.05 Å². The molecule has 4 nitrogen and oxygen atoms in total. The minimum atomic E-state index is 0.670. The lowest BCUT2D eigenvalue weighted by Crippen LogP contribution is -2.30. The Balaban J connectivity index is 1.26. The fourth-order valence-corrected chi connectivity index (χ4v) is 7.09. The number of aryl methyl sites for hydroxylation is 2. The van der Waals surface area contributed by atoms with Crippen LogP contribution in [0.3, 0.4) is 0 Å². The molecule has 0 spiro atoms. The number of aromatic nitrogens is 3. The van der Waals surface area contributed by atoms with Crippen molar-refractivity contribution in [3.63, 3.8) is 0 Å². The van der Waals surface area contributed by atoms with Gasteiger partial charge in [0.1, 0.15) is 11.3 Å². The molecule has 3 heterocycles. The number of rotatable bonds is 4. The molecule has 0 aliphatic heterocycles. The quantitative estimate of drug-likeness (QED) is 0.205. The summed E-state index contributed by atoms with van der Waals surface area (Å²) in [5.41, 5.74) is 11.2. The Hall–Kier alpha value is -4.70. The molecule has 1 aliphatic rings. The number of hydrogen-bond donors (Lipinski definition) is 0. The van der Waals surface area contributed by atoms with E-state index in [2.05, 4.69) is 119 Å². The molecular weight excluding hydrogens is 514 g/mol. The third-order valence-electron chi connectivity index (χ3n) is 9.31. The number of imidazole rings is 1. The van der Waals surface area contributed by atoms with Crippen LogP contribution in [0.1, 0.15) is 49.1 Å². The van der Waals surface area contributed by atoms with Crippen molar-refractivity contribution in [2.75, 3.05) is 0 Å². The van der Waals surface area contributed by atoms with Crippen molar-refractivity contribution in [1.29, 1.82) is 0 Å². The molecule has 42 heavy (non-hydrogen) atoms. The molecule has 0 unspecified atom stereocenters. The summed E-state index contributed by atoms with van der Waals surface area (Å²) in [7, 11) is 2.15. The summed E-state index contributed by atoms with van der Waals surface area (Å²) in [5, 5.41) is 2.13. The van der Waals surface area contributed by atoms with Gasteiger partial charge in [0.15, 0.2) is 16.6 Å². The Morgan fingerprint density at radius 3 is 2.29 bits per heavy atom. The van der Waals surface area contributed by atoms with Crippen LogP contribution >= 0.6 is 0 Å². The van der Waals surface area contributed by atoms with Crippen LogP contribution in [-0.4, -0.2) is 9.55 Å². The summed E-state index contributed by atoms with van der Waals surface area (Å²) in [6, 6.07) is 35.3. The fraction of sp³-hybridized carbons (Fsp3) is 0.211. The highest BCUT2D eigenvalue weighted by molar-refractivity contribution is 6.08. The maximum absolute atomic E-state index is 6.45. The summed E-state index contributed by atoms with van der Waals surface area (Å²) in [4.78, 5) is 4.52. The Morgan fingerprint density at radius 1 is 0.762 bits per heavy atom. The molecule has 1 saturated carbocycles. The number of furan rings is 1. The number of pyridine rings is 1. The van der Waals surface area contributed by atoms with E-state index >= 15 is 0 Å². The van der Waals surface area contributed by atoms with Crippen LogP contribution in [0.25, 0.3) is 61.3 Å². The van der Waals surface area contributed by atoms with Crippen molar-refractivity contribution < 1.29 is 8.98 Å². The lowest BCUT2D eigenvalue weighted by Gasteiger charge is -2.22. The Bertz CT molecular complexity index is 2070. The predicted molar refractivity (Wildman–Crippen MR) is 171 cm³/mol. The molecular formula is C38H34N3O+. The second kappa shape index (κ2) is 9.99. The molecule has 0 atom stereocenters. The molecule has 206 valence electrons. The molecule has 4 aromatic carbocycles. The number of nitrogens with zero attached hydrogens (tertiary/aromatic N) is 3. The van der Waals surface area contributed by atoms with Crippen LogP contribution in [-0.2, 0) is 7.05 Å². The van der Waals surface area contributed by atoms with Gasteiger partial charge in [-0.1, -0.05) is 79.9 Å². The van der Waals surface area contributed by atoms with E-state index in [1.807, 2.05) is 6.07 Å². The fourth-order valence-electron chi connectivity index (χ4n) is 7.09. The van der Waals surface area contributed by atoms with E-state index < -0.39 is 0 Å². The first kappa shape index (κ1) is 25.0. The van der Waals surface area contributed by atoms with E-state index in [0.29, 0.717) is 5.71 Å². The highest BCUT2D eigenvalue weighted by Crippen LogP contribution is 2.39. The zero-order valence-corrected chi connectivity index (χ0v) is 24.2. The van der Waals surface area contributed by atoms with Gasteiger partial charge in [-0.05, 0) is 84.3 Å². The van der Waals surface area contributed by atoms with Crippen LogP contribution in [0, 0.1) is 6.92 Å². The number of hydrogen-bond acceptors (Lipinski definition) is 2. The van der Waals surface area contributed by atoms with Crippen molar-refractivity contribution in [3.05, 3.63) is 114 Å². The lowest BCUT2D eigenvalue weighted by molar-refractivity contribution is -0.633. The van der Waals surface area contributed by atoms with Gasteiger partial charge in [-0.25, -0.2) is 9.55 Å². The summed E-state index contributed by atoms with van der Waals surface area (Å²) in [6.45, 7) is 2.16. The van der Waals surface area contributed by atoms with Crippen LogP contribution in [0.15, 0.2) is 108 Å². The maximum atomic E-state index is 6.45.